The van der Waals surface area contributed by atoms with E-state index in [0.717, 1.165) is 25.7 Å². The molecular formula is C23H28N2O2. The summed E-state index contributed by atoms with van der Waals surface area (Å²) in [4.78, 5) is 25.6. The highest BCUT2D eigenvalue weighted by molar-refractivity contribution is 5.97. The number of amides is 2. The first-order chi connectivity index (χ1) is 13.1. The highest BCUT2D eigenvalue weighted by Gasteiger charge is 2.29. The Kier molecular flexibility index (Phi) is 6.28. The molecule has 0 saturated heterocycles. The van der Waals surface area contributed by atoms with E-state index in [-0.39, 0.29) is 23.8 Å². The lowest BCUT2D eigenvalue weighted by Gasteiger charge is -2.30. The van der Waals surface area contributed by atoms with E-state index in [4.69, 9.17) is 0 Å². The van der Waals surface area contributed by atoms with Gasteiger partial charge in [-0.3, -0.25) is 9.59 Å². The maximum atomic E-state index is 13.1. The van der Waals surface area contributed by atoms with Crippen molar-refractivity contribution in [2.45, 2.75) is 51.6 Å². The van der Waals surface area contributed by atoms with Gasteiger partial charge in [0.05, 0.1) is 6.04 Å². The molecule has 2 amide bonds. The molecule has 2 N–H and O–H groups in total. The molecule has 2 aromatic rings. The molecule has 3 atom stereocenters. The summed E-state index contributed by atoms with van der Waals surface area (Å²) in [6, 6.07) is 16.8. The van der Waals surface area contributed by atoms with E-state index >= 15 is 0 Å². The van der Waals surface area contributed by atoms with Crippen molar-refractivity contribution in [1.82, 2.24) is 10.6 Å². The van der Waals surface area contributed by atoms with Gasteiger partial charge in [-0.05, 0) is 48.4 Å². The zero-order valence-electron chi connectivity index (χ0n) is 16.1. The molecule has 1 aliphatic rings. The maximum absolute atomic E-state index is 13.1. The molecule has 0 radical (unpaired) electrons. The summed E-state index contributed by atoms with van der Waals surface area (Å²) in [6.45, 7) is 4.04. The molecule has 27 heavy (non-hydrogen) atoms. The van der Waals surface area contributed by atoms with Gasteiger partial charge in [0, 0.05) is 5.56 Å². The van der Waals surface area contributed by atoms with Gasteiger partial charge in [-0.1, -0.05) is 62.7 Å². The van der Waals surface area contributed by atoms with Crippen molar-refractivity contribution < 1.29 is 9.59 Å². The molecule has 0 saturated carbocycles. The van der Waals surface area contributed by atoms with Gasteiger partial charge in [0.2, 0.25) is 5.91 Å². The quantitative estimate of drug-likeness (QED) is 0.813. The van der Waals surface area contributed by atoms with Crippen molar-refractivity contribution in [3.8, 4) is 0 Å². The van der Waals surface area contributed by atoms with Crippen LogP contribution in [-0.4, -0.2) is 17.9 Å². The van der Waals surface area contributed by atoms with Crippen LogP contribution in [0.4, 0.5) is 0 Å². The first kappa shape index (κ1) is 19.2. The molecule has 3 rings (SSSR count). The molecular weight excluding hydrogens is 336 g/mol. The number of fused-ring (bicyclic) bond motifs is 1. The van der Waals surface area contributed by atoms with Gasteiger partial charge < -0.3 is 10.6 Å². The Bertz CT molecular complexity index is 788. The molecule has 4 nitrogen and oxygen atoms in total. The molecule has 0 unspecified atom stereocenters. The van der Waals surface area contributed by atoms with Crippen LogP contribution >= 0.6 is 0 Å². The van der Waals surface area contributed by atoms with Crippen molar-refractivity contribution in [2.75, 3.05) is 0 Å². The predicted molar refractivity (Wildman–Crippen MR) is 107 cm³/mol. The van der Waals surface area contributed by atoms with Gasteiger partial charge in [-0.25, -0.2) is 0 Å². The van der Waals surface area contributed by atoms with Gasteiger partial charge in [-0.2, -0.15) is 0 Å². The van der Waals surface area contributed by atoms with Crippen LogP contribution in [0.5, 0.6) is 0 Å². The van der Waals surface area contributed by atoms with E-state index in [0.29, 0.717) is 5.56 Å². The van der Waals surface area contributed by atoms with Crippen LogP contribution in [-0.2, 0) is 11.2 Å². The monoisotopic (exact) mass is 364 g/mol. The van der Waals surface area contributed by atoms with Crippen LogP contribution in [0.25, 0.3) is 0 Å². The minimum absolute atomic E-state index is 0.0163. The molecule has 0 bridgehead atoms. The Morgan fingerprint density at radius 2 is 1.78 bits per heavy atom. The summed E-state index contributed by atoms with van der Waals surface area (Å²) >= 11 is 0. The highest BCUT2D eigenvalue weighted by Crippen LogP contribution is 2.29. The van der Waals surface area contributed by atoms with Gasteiger partial charge in [0.25, 0.3) is 5.91 Å². The number of carbonyl (C=O) groups excluding carboxylic acids is 2. The van der Waals surface area contributed by atoms with E-state index < -0.39 is 6.04 Å². The summed E-state index contributed by atoms with van der Waals surface area (Å²) in [7, 11) is 0. The highest BCUT2D eigenvalue weighted by atomic mass is 16.2. The number of hydrogen-bond acceptors (Lipinski definition) is 2. The Hall–Kier alpha value is -2.62. The third kappa shape index (κ3) is 4.57. The lowest BCUT2D eigenvalue weighted by atomic mass is 9.87. The Balaban J connectivity index is 1.74. The molecule has 0 fully saturated rings. The first-order valence-electron chi connectivity index (χ1n) is 9.84. The predicted octanol–water partition coefficient (Wildman–Crippen LogP) is 4.02. The van der Waals surface area contributed by atoms with E-state index in [1.54, 1.807) is 12.1 Å². The number of rotatable bonds is 6. The van der Waals surface area contributed by atoms with Crippen LogP contribution < -0.4 is 10.6 Å². The summed E-state index contributed by atoms with van der Waals surface area (Å²) in [5, 5.41) is 6.14. The average molecular weight is 364 g/mol. The second-order valence-corrected chi connectivity index (χ2v) is 7.35. The fourth-order valence-electron chi connectivity index (χ4n) is 3.68. The zero-order chi connectivity index (χ0) is 19.2. The first-order valence-corrected chi connectivity index (χ1v) is 9.84. The fraction of sp³-hybridized carbons (Fsp3) is 0.391. The number of aryl methyl sites for hydroxylation is 1. The molecule has 1 aliphatic carbocycles. The van der Waals surface area contributed by atoms with Crippen LogP contribution in [0, 0.1) is 5.92 Å². The lowest BCUT2D eigenvalue weighted by molar-refractivity contribution is -0.125. The number of hydrogen-bond donors (Lipinski definition) is 2. The average Bonchev–Trinajstić information content (AvgIpc) is 2.72. The Morgan fingerprint density at radius 3 is 2.52 bits per heavy atom. The summed E-state index contributed by atoms with van der Waals surface area (Å²) < 4.78 is 0. The second kappa shape index (κ2) is 8.85. The van der Waals surface area contributed by atoms with Gasteiger partial charge in [0.15, 0.2) is 0 Å². The zero-order valence-corrected chi connectivity index (χ0v) is 16.1. The normalized spacial score (nSPS) is 18.1. The Labute approximate surface area is 161 Å². The van der Waals surface area contributed by atoms with Crippen LogP contribution in [0.3, 0.4) is 0 Å². The number of carbonyl (C=O) groups is 2. The van der Waals surface area contributed by atoms with Crippen LogP contribution in [0.2, 0.25) is 0 Å². The van der Waals surface area contributed by atoms with E-state index in [1.165, 1.54) is 11.1 Å². The van der Waals surface area contributed by atoms with E-state index in [9.17, 15) is 9.59 Å². The van der Waals surface area contributed by atoms with Gasteiger partial charge >= 0.3 is 0 Å². The molecule has 0 aromatic heterocycles. The number of benzene rings is 2. The van der Waals surface area contributed by atoms with Crippen LogP contribution in [0.1, 0.15) is 60.6 Å². The van der Waals surface area contributed by atoms with Crippen molar-refractivity contribution in [3.63, 3.8) is 0 Å². The van der Waals surface area contributed by atoms with Crippen LogP contribution in [0.15, 0.2) is 54.6 Å². The smallest absolute Gasteiger partial charge is 0.251 e. The van der Waals surface area contributed by atoms with Crippen molar-refractivity contribution >= 4 is 11.8 Å². The molecule has 2 aromatic carbocycles. The molecule has 0 heterocycles. The topological polar surface area (TPSA) is 58.2 Å². The molecule has 0 spiro atoms. The van der Waals surface area contributed by atoms with Crippen molar-refractivity contribution in [2.24, 2.45) is 5.92 Å². The molecule has 0 aliphatic heterocycles. The fourth-order valence-corrected chi connectivity index (χ4v) is 3.68. The third-order valence-corrected chi connectivity index (χ3v) is 5.50. The third-order valence-electron chi connectivity index (χ3n) is 5.50. The van der Waals surface area contributed by atoms with Crippen molar-refractivity contribution in [1.29, 1.82) is 0 Å². The minimum Gasteiger partial charge on any atom is -0.347 e. The summed E-state index contributed by atoms with van der Waals surface area (Å²) in [5.74, 6) is -0.257. The number of nitrogens with one attached hydrogen (secondary N) is 2. The van der Waals surface area contributed by atoms with E-state index in [1.807, 2.05) is 44.2 Å². The standard InChI is InChI=1S/C23H28N2O2/c1-3-16(2)21(25-22(26)18-11-5-4-6-12-18)23(27)24-20-15-9-13-17-10-7-8-14-19(17)20/h4-8,10-12,14,16,20-21H,3,9,13,15H2,1-2H3,(H,24,27)(H,25,26)/t16-,20-,21-/m0/s1. The molecule has 4 heteroatoms. The summed E-state index contributed by atoms with van der Waals surface area (Å²) in [6.07, 6.45) is 3.87. The lowest BCUT2D eigenvalue weighted by Crippen LogP contribution is -2.51. The van der Waals surface area contributed by atoms with E-state index in [2.05, 4.69) is 22.8 Å². The SMILES string of the molecule is CC[C@H](C)[C@H](NC(=O)c1ccccc1)C(=O)N[C@H]1CCCc2ccccc21. The minimum atomic E-state index is -0.545. The van der Waals surface area contributed by atoms with Gasteiger partial charge in [-0.15, -0.1) is 0 Å². The van der Waals surface area contributed by atoms with Gasteiger partial charge in [0.1, 0.15) is 6.04 Å². The Morgan fingerprint density at radius 1 is 1.07 bits per heavy atom. The van der Waals surface area contributed by atoms with Crippen molar-refractivity contribution in [3.05, 3.63) is 71.3 Å². The second-order valence-electron chi connectivity index (χ2n) is 7.35. The maximum Gasteiger partial charge on any atom is 0.251 e. The molecule has 142 valence electrons. The summed E-state index contributed by atoms with van der Waals surface area (Å²) in [5.41, 5.74) is 3.08. The largest absolute Gasteiger partial charge is 0.347 e.